The first-order valence-electron chi connectivity index (χ1n) is 14.1. The highest BCUT2D eigenvalue weighted by molar-refractivity contribution is 7.57. The first kappa shape index (κ1) is 32.9. The number of hydrogen-bond acceptors (Lipinski definition) is 0. The van der Waals surface area contributed by atoms with Crippen molar-refractivity contribution in [1.82, 2.24) is 0 Å². The van der Waals surface area contributed by atoms with Crippen molar-refractivity contribution < 1.29 is 0 Å². The maximum Gasteiger partial charge on any atom is -0.0326 e. The fourth-order valence-electron chi connectivity index (χ4n) is 4.56. The molecule has 0 radical (unpaired) electrons. The van der Waals surface area contributed by atoms with Crippen molar-refractivity contribution >= 4 is 20.3 Å². The van der Waals surface area contributed by atoms with E-state index in [1.165, 1.54) is 154 Å². The molecule has 0 bridgehead atoms. The van der Waals surface area contributed by atoms with Gasteiger partial charge < -0.3 is 0 Å². The highest BCUT2D eigenvalue weighted by atomic mass is 35.5. The van der Waals surface area contributed by atoms with Gasteiger partial charge in [-0.3, -0.25) is 0 Å². The van der Waals surface area contributed by atoms with Crippen molar-refractivity contribution in [2.45, 2.75) is 162 Å². The number of unbranched alkanes of at least 4 members (excludes halogenated alkanes) is 19. The van der Waals surface area contributed by atoms with Crippen LogP contribution in [0.5, 0.6) is 0 Å². The Morgan fingerprint density at radius 2 is 0.567 bits per heavy atom. The molecule has 0 amide bonds. The van der Waals surface area contributed by atoms with Gasteiger partial charge in [-0.2, -0.15) is 0 Å². The van der Waals surface area contributed by atoms with Crippen LogP contribution in [-0.2, 0) is 0 Å². The average Bonchev–Trinajstić information content (AvgIpc) is 2.72. The third kappa shape index (κ3) is 26.8. The summed E-state index contributed by atoms with van der Waals surface area (Å²) in [6, 6.07) is 0. The van der Waals surface area contributed by atoms with Crippen LogP contribution in [0.4, 0.5) is 0 Å². The third-order valence-corrected chi connectivity index (χ3v) is 9.52. The van der Waals surface area contributed by atoms with Gasteiger partial charge in [0.15, 0.2) is 0 Å². The Balaban J connectivity index is 0. The molecule has 0 nitrogen and oxygen atoms in total. The summed E-state index contributed by atoms with van der Waals surface area (Å²) in [5.41, 5.74) is 0. The molecule has 0 aliphatic rings. The minimum Gasteiger partial charge on any atom is -0.147 e. The van der Waals surface area contributed by atoms with Crippen molar-refractivity contribution in [2.75, 3.05) is 18.5 Å². The van der Waals surface area contributed by atoms with Crippen molar-refractivity contribution in [2.24, 2.45) is 0 Å². The average molecular weight is 463 g/mol. The molecule has 0 unspecified atom stereocenters. The van der Waals surface area contributed by atoms with E-state index in [0.29, 0.717) is 7.92 Å². The summed E-state index contributed by atoms with van der Waals surface area (Å²) < 4.78 is 0. The Morgan fingerprint density at radius 1 is 0.300 bits per heavy atom. The maximum absolute atomic E-state index is 2.36. The zero-order valence-corrected chi connectivity index (χ0v) is 23.2. The molecule has 2 heteroatoms. The van der Waals surface area contributed by atoms with E-state index in [1.54, 1.807) is 6.16 Å². The van der Waals surface area contributed by atoms with Gasteiger partial charge >= 0.3 is 0 Å². The van der Waals surface area contributed by atoms with Gasteiger partial charge in [-0.15, -0.1) is 20.3 Å². The van der Waals surface area contributed by atoms with Crippen molar-refractivity contribution in [3.05, 3.63) is 0 Å². The lowest BCUT2D eigenvalue weighted by molar-refractivity contribution is 0.523. The molecule has 184 valence electrons. The Kier molecular flexibility index (Phi) is 32.6. The summed E-state index contributed by atoms with van der Waals surface area (Å²) in [5, 5.41) is 0. The maximum atomic E-state index is 2.36. The molecule has 0 heterocycles. The van der Waals surface area contributed by atoms with Crippen molar-refractivity contribution in [3.8, 4) is 0 Å². The smallest absolute Gasteiger partial charge is 0.0326 e. The van der Waals surface area contributed by atoms with Gasteiger partial charge in [0, 0.05) is 0 Å². The van der Waals surface area contributed by atoms with Gasteiger partial charge in [-0.05, 0) is 24.9 Å². The second kappa shape index (κ2) is 29.7. The molecule has 0 aliphatic heterocycles. The molecular formula is C28H60ClP. The first-order valence-corrected chi connectivity index (χ1v) is 16.0. The predicted octanol–water partition coefficient (Wildman–Crippen LogP) is 11.5. The van der Waals surface area contributed by atoms with E-state index in [9.17, 15) is 0 Å². The van der Waals surface area contributed by atoms with Gasteiger partial charge in [-0.1, -0.05) is 156 Å². The largest absolute Gasteiger partial charge is 0.147 e. The minimum atomic E-state index is 0. The topological polar surface area (TPSA) is 0 Å². The molecular weight excluding hydrogens is 403 g/mol. The minimum absolute atomic E-state index is 0. The summed E-state index contributed by atoms with van der Waals surface area (Å²) >= 11 is 0. The zero-order chi connectivity index (χ0) is 21.3. The Hall–Kier alpha value is 0.720. The van der Waals surface area contributed by atoms with Gasteiger partial charge in [0.2, 0.25) is 0 Å². The van der Waals surface area contributed by atoms with Crippen LogP contribution in [-0.4, -0.2) is 18.5 Å². The van der Waals surface area contributed by atoms with Crippen LogP contribution in [0.25, 0.3) is 0 Å². The van der Waals surface area contributed by atoms with Crippen LogP contribution >= 0.6 is 20.3 Å². The first-order chi connectivity index (χ1) is 14.3. The third-order valence-electron chi connectivity index (χ3n) is 6.41. The standard InChI is InChI=1S/C28H59P.ClH/c1-4-7-8-9-10-11-12-13-14-15-16-17-18-19-20-21-22-23-24-25-28-29(26-5-2)27-6-3;/h4-28H2,1-3H3;1H. The molecule has 0 saturated carbocycles. The molecule has 0 fully saturated rings. The van der Waals surface area contributed by atoms with Crippen LogP contribution in [0.1, 0.15) is 162 Å². The summed E-state index contributed by atoms with van der Waals surface area (Å²) in [6.07, 6.45) is 37.1. The number of rotatable bonds is 25. The summed E-state index contributed by atoms with van der Waals surface area (Å²) in [5.74, 6) is 0. The summed E-state index contributed by atoms with van der Waals surface area (Å²) in [7, 11) is 0.393. The second-order valence-corrected chi connectivity index (χ2v) is 12.2. The Morgan fingerprint density at radius 3 is 0.833 bits per heavy atom. The predicted molar refractivity (Wildman–Crippen MR) is 147 cm³/mol. The van der Waals surface area contributed by atoms with E-state index in [2.05, 4.69) is 20.8 Å². The molecule has 0 atom stereocenters. The van der Waals surface area contributed by atoms with E-state index >= 15 is 0 Å². The molecule has 0 aromatic carbocycles. The van der Waals surface area contributed by atoms with Crippen LogP contribution in [0, 0.1) is 0 Å². The van der Waals surface area contributed by atoms with E-state index in [1.807, 2.05) is 0 Å². The van der Waals surface area contributed by atoms with E-state index in [0.717, 1.165) is 0 Å². The molecule has 30 heavy (non-hydrogen) atoms. The Labute approximate surface area is 200 Å². The molecule has 0 aromatic rings. The molecule has 0 N–H and O–H groups in total. The lowest BCUT2D eigenvalue weighted by atomic mass is 10.0. The molecule has 0 spiro atoms. The SMILES string of the molecule is CCCCCCCCCCCCCCCCCCCCCCP(CCC)CCC.Cl. The van der Waals surface area contributed by atoms with Crippen molar-refractivity contribution in [3.63, 3.8) is 0 Å². The van der Waals surface area contributed by atoms with E-state index in [4.69, 9.17) is 0 Å². The lowest BCUT2D eigenvalue weighted by Crippen LogP contribution is -1.94. The zero-order valence-electron chi connectivity index (χ0n) is 21.5. The fourth-order valence-corrected chi connectivity index (χ4v) is 7.17. The highest BCUT2D eigenvalue weighted by Gasteiger charge is 2.04. The molecule has 0 aromatic heterocycles. The van der Waals surface area contributed by atoms with Gasteiger partial charge in [0.25, 0.3) is 0 Å². The van der Waals surface area contributed by atoms with E-state index in [-0.39, 0.29) is 12.4 Å². The highest BCUT2D eigenvalue weighted by Crippen LogP contribution is 2.38. The molecule has 0 saturated heterocycles. The Bertz CT molecular complexity index is 276. The molecule has 0 aliphatic carbocycles. The quantitative estimate of drug-likeness (QED) is 0.0933. The van der Waals surface area contributed by atoms with Crippen LogP contribution < -0.4 is 0 Å². The normalized spacial score (nSPS) is 11.2. The fraction of sp³-hybridized carbons (Fsp3) is 1.00. The van der Waals surface area contributed by atoms with Gasteiger partial charge in [0.05, 0.1) is 0 Å². The lowest BCUT2D eigenvalue weighted by Gasteiger charge is -2.15. The van der Waals surface area contributed by atoms with Crippen LogP contribution in [0.15, 0.2) is 0 Å². The van der Waals surface area contributed by atoms with Gasteiger partial charge in [-0.25, -0.2) is 0 Å². The second-order valence-electron chi connectivity index (χ2n) is 9.56. The van der Waals surface area contributed by atoms with Crippen LogP contribution in [0.3, 0.4) is 0 Å². The van der Waals surface area contributed by atoms with Gasteiger partial charge in [0.1, 0.15) is 0 Å². The van der Waals surface area contributed by atoms with Crippen molar-refractivity contribution in [1.29, 1.82) is 0 Å². The monoisotopic (exact) mass is 462 g/mol. The summed E-state index contributed by atoms with van der Waals surface area (Å²) in [4.78, 5) is 0. The number of halogens is 1. The number of hydrogen-bond donors (Lipinski definition) is 0. The van der Waals surface area contributed by atoms with Crippen LogP contribution in [0.2, 0.25) is 0 Å². The molecule has 0 rings (SSSR count). The van der Waals surface area contributed by atoms with E-state index < -0.39 is 0 Å². The summed E-state index contributed by atoms with van der Waals surface area (Å²) in [6.45, 7) is 7.03.